The predicted octanol–water partition coefficient (Wildman–Crippen LogP) is 3.01. The molecule has 1 aliphatic heterocycles. The molecule has 0 spiro atoms. The predicted molar refractivity (Wildman–Crippen MR) is 72.7 cm³/mol. The molecule has 19 heavy (non-hydrogen) atoms. The van der Waals surface area contributed by atoms with Gasteiger partial charge < -0.3 is 4.84 Å². The lowest BCUT2D eigenvalue weighted by atomic mass is 10.00. The van der Waals surface area contributed by atoms with Gasteiger partial charge in [-0.1, -0.05) is 59.8 Å². The van der Waals surface area contributed by atoms with Crippen LogP contribution in [-0.2, 0) is 9.63 Å². The highest BCUT2D eigenvalue weighted by Gasteiger charge is 2.23. The van der Waals surface area contributed by atoms with E-state index in [1.165, 1.54) is 0 Å². The number of benzene rings is 2. The summed E-state index contributed by atoms with van der Waals surface area (Å²) in [5.74, 6) is 0. The summed E-state index contributed by atoms with van der Waals surface area (Å²) in [5, 5.41) is 4.15. The van der Waals surface area contributed by atoms with Crippen molar-refractivity contribution < 1.29 is 9.63 Å². The van der Waals surface area contributed by atoms with E-state index < -0.39 is 0 Å². The van der Waals surface area contributed by atoms with Crippen LogP contribution < -0.4 is 0 Å². The first-order chi connectivity index (χ1) is 9.36. The van der Waals surface area contributed by atoms with Gasteiger partial charge in [0.1, 0.15) is 0 Å². The fraction of sp³-hybridized carbons (Fsp3) is 0.125. The first-order valence-corrected chi connectivity index (χ1v) is 6.13. The Labute approximate surface area is 111 Å². The summed E-state index contributed by atoms with van der Waals surface area (Å²) in [7, 11) is 0. The smallest absolute Gasteiger partial charge is 0.233 e. The van der Waals surface area contributed by atoms with Gasteiger partial charge in [-0.2, -0.15) is 0 Å². The van der Waals surface area contributed by atoms with Crippen LogP contribution in [0.15, 0.2) is 59.8 Å². The van der Waals surface area contributed by atoms with E-state index in [0.717, 1.165) is 23.3 Å². The van der Waals surface area contributed by atoms with Crippen molar-refractivity contribution >= 4 is 12.0 Å². The van der Waals surface area contributed by atoms with E-state index in [1.54, 1.807) is 12.1 Å². The minimum Gasteiger partial charge on any atom is -0.387 e. The summed E-state index contributed by atoms with van der Waals surface area (Å²) in [5.41, 5.74) is 3.61. The van der Waals surface area contributed by atoms with Gasteiger partial charge in [-0.15, -0.1) is 0 Å². The minimum atomic E-state index is -0.0732. The lowest BCUT2D eigenvalue weighted by Gasteiger charge is -2.08. The van der Waals surface area contributed by atoms with Crippen LogP contribution >= 0.6 is 0 Å². The highest BCUT2D eigenvalue weighted by atomic mass is 16.6. The van der Waals surface area contributed by atoms with Crippen LogP contribution in [0.25, 0.3) is 0 Å². The second kappa shape index (κ2) is 5.06. The van der Waals surface area contributed by atoms with Crippen LogP contribution in [0, 0.1) is 0 Å². The summed E-state index contributed by atoms with van der Waals surface area (Å²) < 4.78 is 0. The summed E-state index contributed by atoms with van der Waals surface area (Å²) >= 11 is 0. The lowest BCUT2D eigenvalue weighted by molar-refractivity contribution is 0.0857. The molecular formula is C16H12NO2. The van der Waals surface area contributed by atoms with Crippen LogP contribution in [0.3, 0.4) is 0 Å². The van der Waals surface area contributed by atoms with Crippen LogP contribution in [0.1, 0.15) is 29.2 Å². The first kappa shape index (κ1) is 11.7. The maximum atomic E-state index is 10.5. The van der Waals surface area contributed by atoms with Gasteiger partial charge in [0.15, 0.2) is 6.10 Å². The van der Waals surface area contributed by atoms with Crippen molar-refractivity contribution in [2.45, 2.75) is 12.5 Å². The maximum Gasteiger partial charge on any atom is 0.233 e. The largest absolute Gasteiger partial charge is 0.387 e. The molecule has 0 aliphatic carbocycles. The SMILES string of the molecule is O=[C]c1ccc(C2CC(c3ccccc3)=NO2)cc1. The van der Waals surface area contributed by atoms with Gasteiger partial charge in [-0.25, -0.2) is 0 Å². The standard InChI is InChI=1S/C16H12NO2/c18-11-12-6-8-14(9-7-12)16-10-15(17-19-16)13-4-2-1-3-5-13/h1-9,16H,10H2. The third kappa shape index (κ3) is 2.40. The molecule has 0 N–H and O–H groups in total. The van der Waals surface area contributed by atoms with Crippen LogP contribution in [0.5, 0.6) is 0 Å². The summed E-state index contributed by atoms with van der Waals surface area (Å²) in [6.45, 7) is 0. The molecule has 0 bridgehead atoms. The maximum absolute atomic E-state index is 10.5. The monoisotopic (exact) mass is 250 g/mol. The first-order valence-electron chi connectivity index (χ1n) is 6.13. The van der Waals surface area contributed by atoms with Gasteiger partial charge in [0.2, 0.25) is 6.29 Å². The van der Waals surface area contributed by atoms with Crippen LogP contribution in [-0.4, -0.2) is 12.0 Å². The molecule has 0 saturated carbocycles. The molecule has 1 radical (unpaired) electrons. The highest BCUT2D eigenvalue weighted by molar-refractivity contribution is 6.01. The fourth-order valence-corrected chi connectivity index (χ4v) is 2.12. The molecule has 2 aromatic rings. The molecule has 1 unspecified atom stereocenters. The Morgan fingerprint density at radius 2 is 1.79 bits per heavy atom. The van der Waals surface area contributed by atoms with E-state index in [0.29, 0.717) is 5.56 Å². The van der Waals surface area contributed by atoms with Crippen molar-refractivity contribution in [3.63, 3.8) is 0 Å². The van der Waals surface area contributed by atoms with Gasteiger partial charge in [-0.3, -0.25) is 4.79 Å². The van der Waals surface area contributed by atoms with E-state index in [9.17, 15) is 4.79 Å². The molecule has 0 aromatic heterocycles. The Bertz CT molecular complexity index is 602. The average molecular weight is 250 g/mol. The molecule has 2 aromatic carbocycles. The fourth-order valence-electron chi connectivity index (χ4n) is 2.12. The minimum absolute atomic E-state index is 0.0732. The molecule has 0 amide bonds. The zero-order valence-corrected chi connectivity index (χ0v) is 10.2. The third-order valence-electron chi connectivity index (χ3n) is 3.18. The number of hydrogen-bond donors (Lipinski definition) is 0. The second-order valence-corrected chi connectivity index (χ2v) is 4.43. The van der Waals surface area contributed by atoms with Crippen LogP contribution in [0.4, 0.5) is 0 Å². The normalized spacial score (nSPS) is 17.7. The molecule has 0 saturated heterocycles. The molecule has 1 atom stereocenters. The van der Waals surface area contributed by atoms with E-state index in [4.69, 9.17) is 4.84 Å². The van der Waals surface area contributed by atoms with Crippen LogP contribution in [0.2, 0.25) is 0 Å². The van der Waals surface area contributed by atoms with Crippen molar-refractivity contribution in [1.29, 1.82) is 0 Å². The summed E-state index contributed by atoms with van der Waals surface area (Å²) in [4.78, 5) is 16.0. The number of carbonyl (C=O) groups excluding carboxylic acids is 1. The number of rotatable bonds is 3. The lowest BCUT2D eigenvalue weighted by Crippen LogP contribution is -2.01. The van der Waals surface area contributed by atoms with E-state index in [2.05, 4.69) is 5.16 Å². The van der Waals surface area contributed by atoms with Crippen molar-refractivity contribution in [2.24, 2.45) is 5.16 Å². The highest BCUT2D eigenvalue weighted by Crippen LogP contribution is 2.29. The molecule has 3 rings (SSSR count). The van der Waals surface area contributed by atoms with Gasteiger partial charge in [-0.05, 0) is 11.1 Å². The van der Waals surface area contributed by atoms with Gasteiger partial charge in [0, 0.05) is 12.0 Å². The Hall–Kier alpha value is -2.42. The van der Waals surface area contributed by atoms with Gasteiger partial charge >= 0.3 is 0 Å². The van der Waals surface area contributed by atoms with E-state index in [1.807, 2.05) is 48.8 Å². The summed E-state index contributed by atoms with van der Waals surface area (Å²) in [6.07, 6.45) is 2.53. The summed E-state index contributed by atoms with van der Waals surface area (Å²) in [6, 6.07) is 17.2. The molecule has 0 fully saturated rings. The number of hydrogen-bond acceptors (Lipinski definition) is 3. The molecule has 1 heterocycles. The molecule has 1 aliphatic rings. The number of oxime groups is 1. The van der Waals surface area contributed by atoms with Gasteiger partial charge in [0.05, 0.1) is 5.71 Å². The van der Waals surface area contributed by atoms with Crippen molar-refractivity contribution in [3.8, 4) is 0 Å². The van der Waals surface area contributed by atoms with E-state index >= 15 is 0 Å². The molecular weight excluding hydrogens is 238 g/mol. The van der Waals surface area contributed by atoms with Gasteiger partial charge in [0.25, 0.3) is 0 Å². The molecule has 3 nitrogen and oxygen atoms in total. The Balaban J connectivity index is 1.75. The van der Waals surface area contributed by atoms with E-state index in [-0.39, 0.29) is 6.10 Å². The second-order valence-electron chi connectivity index (χ2n) is 4.43. The number of nitrogens with zero attached hydrogens (tertiary/aromatic N) is 1. The Morgan fingerprint density at radius 1 is 1.05 bits per heavy atom. The quantitative estimate of drug-likeness (QED) is 0.839. The van der Waals surface area contributed by atoms with Crippen molar-refractivity contribution in [1.82, 2.24) is 0 Å². The third-order valence-corrected chi connectivity index (χ3v) is 3.18. The topological polar surface area (TPSA) is 38.7 Å². The average Bonchev–Trinajstić information content (AvgIpc) is 2.98. The zero-order valence-electron chi connectivity index (χ0n) is 10.2. The van der Waals surface area contributed by atoms with Crippen molar-refractivity contribution in [2.75, 3.05) is 0 Å². The molecule has 93 valence electrons. The molecule has 3 heteroatoms. The van der Waals surface area contributed by atoms with Crippen molar-refractivity contribution in [3.05, 3.63) is 71.3 Å². The Morgan fingerprint density at radius 3 is 2.47 bits per heavy atom. The Kier molecular flexibility index (Phi) is 3.11. The zero-order chi connectivity index (χ0) is 13.1.